The molecule has 1 atom stereocenters. The van der Waals surface area contributed by atoms with Crippen LogP contribution >= 0.6 is 0 Å². The molecule has 0 fully saturated rings. The van der Waals surface area contributed by atoms with Crippen LogP contribution < -0.4 is 0 Å². The van der Waals surface area contributed by atoms with E-state index >= 15 is 0 Å². The third kappa shape index (κ3) is 36.7. The van der Waals surface area contributed by atoms with Crippen LogP contribution in [0.4, 0.5) is 0 Å². The van der Waals surface area contributed by atoms with Crippen molar-refractivity contribution in [2.24, 2.45) is 0 Å². The van der Waals surface area contributed by atoms with E-state index in [-0.39, 0.29) is 25.2 Å². The summed E-state index contributed by atoms with van der Waals surface area (Å²) in [5.41, 5.74) is 0. The van der Waals surface area contributed by atoms with Gasteiger partial charge in [-0.05, 0) is 70.6 Å². The maximum atomic E-state index is 12.2. The van der Waals surface area contributed by atoms with Gasteiger partial charge in [0.25, 0.3) is 0 Å². The van der Waals surface area contributed by atoms with Crippen molar-refractivity contribution in [1.82, 2.24) is 0 Å². The molecule has 0 aromatic rings. The minimum Gasteiger partial charge on any atom is -0.462 e. The molecule has 0 radical (unpaired) electrons. The van der Waals surface area contributed by atoms with Crippen LogP contribution in [0.2, 0.25) is 0 Å². The van der Waals surface area contributed by atoms with Crippen molar-refractivity contribution in [3.05, 3.63) is 48.6 Å². The second-order valence-corrected chi connectivity index (χ2v) is 13.3. The van der Waals surface area contributed by atoms with Gasteiger partial charge in [-0.1, -0.05) is 159 Å². The van der Waals surface area contributed by atoms with E-state index in [1.54, 1.807) is 0 Å². The lowest BCUT2D eigenvalue weighted by Crippen LogP contribution is -2.28. The lowest BCUT2D eigenvalue weighted by atomic mass is 10.1. The Labute approximate surface area is 297 Å². The molecular formula is C43H76O5. The van der Waals surface area contributed by atoms with Crippen LogP contribution in [0, 0.1) is 0 Å². The molecule has 0 rings (SSSR count). The molecule has 0 amide bonds. The second kappa shape index (κ2) is 39.3. The third-order valence-electron chi connectivity index (χ3n) is 8.61. The van der Waals surface area contributed by atoms with Gasteiger partial charge in [0.1, 0.15) is 6.61 Å². The van der Waals surface area contributed by atoms with Gasteiger partial charge in [-0.25, -0.2) is 0 Å². The number of aliphatic hydroxyl groups excluding tert-OH is 1. The highest BCUT2D eigenvalue weighted by molar-refractivity contribution is 5.70. The van der Waals surface area contributed by atoms with Crippen molar-refractivity contribution in [3.8, 4) is 0 Å². The van der Waals surface area contributed by atoms with Crippen LogP contribution in [0.15, 0.2) is 48.6 Å². The Morgan fingerprint density at radius 2 is 0.896 bits per heavy atom. The Morgan fingerprint density at radius 1 is 0.500 bits per heavy atom. The van der Waals surface area contributed by atoms with E-state index in [1.165, 1.54) is 96.3 Å². The minimum absolute atomic E-state index is 0.0759. The number of aliphatic hydroxyl groups is 1. The van der Waals surface area contributed by atoms with Crippen molar-refractivity contribution >= 4 is 11.9 Å². The van der Waals surface area contributed by atoms with E-state index in [0.717, 1.165) is 70.6 Å². The Kier molecular flexibility index (Phi) is 37.5. The van der Waals surface area contributed by atoms with Crippen LogP contribution in [0.3, 0.4) is 0 Å². The van der Waals surface area contributed by atoms with E-state index < -0.39 is 6.10 Å². The fraction of sp³-hybridized carbons (Fsp3) is 0.767. The first-order valence-corrected chi connectivity index (χ1v) is 20.2. The van der Waals surface area contributed by atoms with Gasteiger partial charge in [-0.15, -0.1) is 0 Å². The monoisotopic (exact) mass is 673 g/mol. The number of hydrogen-bond donors (Lipinski definition) is 1. The molecule has 0 heterocycles. The number of ether oxygens (including phenoxy) is 2. The van der Waals surface area contributed by atoms with E-state index in [4.69, 9.17) is 9.47 Å². The Bertz CT molecular complexity index is 812. The molecule has 0 saturated carbocycles. The summed E-state index contributed by atoms with van der Waals surface area (Å²) < 4.78 is 10.6. The molecule has 0 aliphatic carbocycles. The molecular weight excluding hydrogens is 596 g/mol. The molecule has 0 spiro atoms. The van der Waals surface area contributed by atoms with Gasteiger partial charge < -0.3 is 14.6 Å². The SMILES string of the molecule is CCC=CCC=CCC=CCCCCCCCC(=O)OCC(CO)OC(=O)CCCCCCCCCCCC=CCCCCCCCC. The number of allylic oxidation sites excluding steroid dienone is 8. The normalized spacial score (nSPS) is 12.6. The summed E-state index contributed by atoms with van der Waals surface area (Å²) >= 11 is 0. The van der Waals surface area contributed by atoms with Crippen molar-refractivity contribution in [1.29, 1.82) is 0 Å². The summed E-state index contributed by atoms with van der Waals surface area (Å²) in [6.45, 7) is 4.01. The number of hydrogen-bond acceptors (Lipinski definition) is 5. The Balaban J connectivity index is 3.57. The van der Waals surface area contributed by atoms with E-state index in [1.807, 2.05) is 0 Å². The molecule has 48 heavy (non-hydrogen) atoms. The highest BCUT2D eigenvalue weighted by atomic mass is 16.6. The number of esters is 2. The molecule has 0 aliphatic heterocycles. The maximum Gasteiger partial charge on any atom is 0.306 e. The van der Waals surface area contributed by atoms with Crippen LogP contribution in [0.1, 0.15) is 194 Å². The first-order valence-electron chi connectivity index (χ1n) is 20.2. The fourth-order valence-electron chi connectivity index (χ4n) is 5.56. The number of carbonyl (C=O) groups excluding carboxylic acids is 2. The standard InChI is InChI=1S/C43H76O5/c1-3-5-7-9-11-13-15-17-19-20-21-22-24-26-28-30-32-34-36-38-43(46)48-41(39-44)40-47-42(45)37-35-33-31-29-27-25-23-18-16-14-12-10-8-6-4-2/h6,8,12,14,17-19,23,41,44H,3-5,7,9-11,13,15-16,20-22,24-40H2,1-2H3. The molecule has 1 unspecified atom stereocenters. The lowest BCUT2D eigenvalue weighted by Gasteiger charge is -2.15. The fourth-order valence-corrected chi connectivity index (χ4v) is 5.56. The van der Waals surface area contributed by atoms with Gasteiger partial charge >= 0.3 is 11.9 Å². The zero-order valence-electron chi connectivity index (χ0n) is 31.5. The summed E-state index contributed by atoms with van der Waals surface area (Å²) in [6, 6.07) is 0. The summed E-state index contributed by atoms with van der Waals surface area (Å²) in [4.78, 5) is 24.3. The molecule has 0 saturated heterocycles. The largest absolute Gasteiger partial charge is 0.462 e. The Morgan fingerprint density at radius 3 is 1.38 bits per heavy atom. The minimum atomic E-state index is -0.779. The van der Waals surface area contributed by atoms with Crippen LogP contribution in [-0.2, 0) is 19.1 Å². The second-order valence-electron chi connectivity index (χ2n) is 13.3. The predicted octanol–water partition coefficient (Wildman–Crippen LogP) is 12.6. The first kappa shape index (κ1) is 45.9. The molecule has 0 aromatic heterocycles. The van der Waals surface area contributed by atoms with Gasteiger partial charge in [0, 0.05) is 12.8 Å². The van der Waals surface area contributed by atoms with E-state index in [9.17, 15) is 14.7 Å². The zero-order valence-corrected chi connectivity index (χ0v) is 31.5. The first-order chi connectivity index (χ1) is 23.6. The highest BCUT2D eigenvalue weighted by Crippen LogP contribution is 2.13. The molecule has 1 N–H and O–H groups in total. The van der Waals surface area contributed by atoms with Crippen molar-refractivity contribution in [2.75, 3.05) is 13.2 Å². The smallest absolute Gasteiger partial charge is 0.306 e. The quantitative estimate of drug-likeness (QED) is 0.0407. The topological polar surface area (TPSA) is 72.8 Å². The van der Waals surface area contributed by atoms with E-state index in [0.29, 0.717) is 12.8 Å². The van der Waals surface area contributed by atoms with Gasteiger partial charge in [0.15, 0.2) is 6.10 Å². The summed E-state index contributed by atoms with van der Waals surface area (Å²) in [5.74, 6) is -0.612. The average Bonchev–Trinajstić information content (AvgIpc) is 3.09. The lowest BCUT2D eigenvalue weighted by molar-refractivity contribution is -0.161. The summed E-state index contributed by atoms with van der Waals surface area (Å²) in [5, 5.41) is 9.56. The van der Waals surface area contributed by atoms with Gasteiger partial charge in [-0.3, -0.25) is 9.59 Å². The van der Waals surface area contributed by atoms with Gasteiger partial charge in [0.05, 0.1) is 6.61 Å². The Hall–Kier alpha value is -2.14. The highest BCUT2D eigenvalue weighted by Gasteiger charge is 2.16. The third-order valence-corrected chi connectivity index (χ3v) is 8.61. The number of rotatable bonds is 36. The van der Waals surface area contributed by atoms with Crippen LogP contribution in [0.25, 0.3) is 0 Å². The predicted molar refractivity (Wildman–Crippen MR) is 205 cm³/mol. The average molecular weight is 673 g/mol. The zero-order chi connectivity index (χ0) is 35.0. The van der Waals surface area contributed by atoms with Crippen molar-refractivity contribution < 1.29 is 24.2 Å². The number of unbranched alkanes of at least 4 members (excludes halogenated alkanes) is 20. The van der Waals surface area contributed by atoms with Crippen molar-refractivity contribution in [2.45, 2.75) is 200 Å². The maximum absolute atomic E-state index is 12.2. The van der Waals surface area contributed by atoms with Crippen LogP contribution in [-0.4, -0.2) is 36.4 Å². The van der Waals surface area contributed by atoms with Crippen molar-refractivity contribution in [3.63, 3.8) is 0 Å². The van der Waals surface area contributed by atoms with Crippen LogP contribution in [0.5, 0.6) is 0 Å². The van der Waals surface area contributed by atoms with E-state index in [2.05, 4.69) is 62.5 Å². The molecule has 0 aromatic carbocycles. The molecule has 278 valence electrons. The molecule has 0 aliphatic rings. The van der Waals surface area contributed by atoms with Gasteiger partial charge in [-0.2, -0.15) is 0 Å². The molecule has 5 heteroatoms. The summed E-state index contributed by atoms with van der Waals surface area (Å²) in [6.07, 6.45) is 48.9. The number of carbonyl (C=O) groups is 2. The summed E-state index contributed by atoms with van der Waals surface area (Å²) in [7, 11) is 0. The molecule has 5 nitrogen and oxygen atoms in total. The van der Waals surface area contributed by atoms with Gasteiger partial charge in [0.2, 0.25) is 0 Å². The molecule has 0 bridgehead atoms.